The Kier molecular flexibility index (Phi) is 6.32. The third-order valence-electron chi connectivity index (χ3n) is 3.81. The zero-order chi connectivity index (χ0) is 12.0. The monoisotopic (exact) mass is 227 g/mol. The van der Waals surface area contributed by atoms with Gasteiger partial charge in [0.15, 0.2) is 0 Å². The smallest absolute Gasteiger partial charge is 0.0191 e. The molecule has 0 spiro atoms. The predicted octanol–water partition coefficient (Wildman–Crippen LogP) is 1.40. The quantitative estimate of drug-likeness (QED) is 0.740. The fourth-order valence-electron chi connectivity index (χ4n) is 2.61. The van der Waals surface area contributed by atoms with E-state index in [1.807, 2.05) is 0 Å². The first kappa shape index (κ1) is 13.9. The Morgan fingerprint density at radius 2 is 1.94 bits per heavy atom. The van der Waals surface area contributed by atoms with Gasteiger partial charge in [-0.05, 0) is 53.5 Å². The number of nitrogens with one attached hydrogen (secondary N) is 1. The molecule has 1 aliphatic rings. The van der Waals surface area contributed by atoms with Crippen molar-refractivity contribution in [3.63, 3.8) is 0 Å². The van der Waals surface area contributed by atoms with Gasteiger partial charge in [-0.25, -0.2) is 0 Å². The van der Waals surface area contributed by atoms with Gasteiger partial charge in [-0.3, -0.25) is 0 Å². The summed E-state index contributed by atoms with van der Waals surface area (Å²) in [5.74, 6) is 0. The Morgan fingerprint density at radius 3 is 2.38 bits per heavy atom. The Hall–Kier alpha value is -0.120. The van der Waals surface area contributed by atoms with Gasteiger partial charge in [0.2, 0.25) is 0 Å². The molecular formula is C13H29N3. The van der Waals surface area contributed by atoms with Crippen LogP contribution < -0.4 is 5.32 Å². The van der Waals surface area contributed by atoms with Gasteiger partial charge < -0.3 is 15.1 Å². The normalized spacial score (nSPS) is 21.6. The topological polar surface area (TPSA) is 18.5 Å². The van der Waals surface area contributed by atoms with Gasteiger partial charge in [0, 0.05) is 18.6 Å². The van der Waals surface area contributed by atoms with Crippen LogP contribution >= 0.6 is 0 Å². The Balaban J connectivity index is 2.25. The summed E-state index contributed by atoms with van der Waals surface area (Å²) in [5, 5.41) is 3.43. The minimum absolute atomic E-state index is 0.681. The van der Waals surface area contributed by atoms with Gasteiger partial charge in [-0.15, -0.1) is 0 Å². The van der Waals surface area contributed by atoms with Gasteiger partial charge >= 0.3 is 0 Å². The van der Waals surface area contributed by atoms with E-state index in [4.69, 9.17) is 0 Å². The summed E-state index contributed by atoms with van der Waals surface area (Å²) >= 11 is 0. The van der Waals surface area contributed by atoms with E-state index in [2.05, 4.69) is 43.2 Å². The molecule has 1 aliphatic heterocycles. The van der Waals surface area contributed by atoms with E-state index in [1.54, 1.807) is 0 Å². The molecule has 0 radical (unpaired) electrons. The highest BCUT2D eigenvalue weighted by atomic mass is 15.2. The van der Waals surface area contributed by atoms with Crippen LogP contribution in [0.4, 0.5) is 0 Å². The molecular weight excluding hydrogens is 198 g/mol. The fraction of sp³-hybridized carbons (Fsp3) is 1.00. The minimum Gasteiger partial charge on any atom is -0.316 e. The first-order valence-electron chi connectivity index (χ1n) is 6.73. The maximum Gasteiger partial charge on any atom is 0.0191 e. The molecule has 0 aromatic heterocycles. The molecule has 1 heterocycles. The average Bonchev–Trinajstić information content (AvgIpc) is 2.29. The molecule has 1 atom stereocenters. The molecule has 1 rings (SSSR count). The lowest BCUT2D eigenvalue weighted by Crippen LogP contribution is -2.46. The fourth-order valence-corrected chi connectivity index (χ4v) is 2.61. The number of hydrogen-bond acceptors (Lipinski definition) is 3. The van der Waals surface area contributed by atoms with Gasteiger partial charge in [0.05, 0.1) is 0 Å². The van der Waals surface area contributed by atoms with Crippen LogP contribution in [0.5, 0.6) is 0 Å². The van der Waals surface area contributed by atoms with Crippen molar-refractivity contribution in [2.75, 3.05) is 40.8 Å². The molecule has 16 heavy (non-hydrogen) atoms. The lowest BCUT2D eigenvalue weighted by atomic mass is 10.0. The number of likely N-dealkylation sites (N-methyl/N-ethyl adjacent to an activating group) is 1. The summed E-state index contributed by atoms with van der Waals surface area (Å²) in [6, 6.07) is 1.48. The van der Waals surface area contributed by atoms with E-state index >= 15 is 0 Å². The van der Waals surface area contributed by atoms with Crippen molar-refractivity contribution in [2.24, 2.45) is 0 Å². The Bertz CT molecular complexity index is 174. The highest BCUT2D eigenvalue weighted by molar-refractivity contribution is 4.79. The van der Waals surface area contributed by atoms with Gasteiger partial charge in [-0.1, -0.05) is 13.3 Å². The second-order valence-electron chi connectivity index (χ2n) is 5.27. The third-order valence-corrected chi connectivity index (χ3v) is 3.81. The van der Waals surface area contributed by atoms with Crippen molar-refractivity contribution in [2.45, 2.75) is 44.7 Å². The highest BCUT2D eigenvalue weighted by Crippen LogP contribution is 2.14. The number of nitrogens with zero attached hydrogens (tertiary/aromatic N) is 2. The number of likely N-dealkylation sites (tertiary alicyclic amines) is 1. The van der Waals surface area contributed by atoms with E-state index in [9.17, 15) is 0 Å². The van der Waals surface area contributed by atoms with Crippen LogP contribution in [0.2, 0.25) is 0 Å². The van der Waals surface area contributed by atoms with Crippen LogP contribution in [0.25, 0.3) is 0 Å². The van der Waals surface area contributed by atoms with Crippen LogP contribution in [-0.2, 0) is 0 Å². The summed E-state index contributed by atoms with van der Waals surface area (Å²) in [4.78, 5) is 5.00. The molecule has 0 bridgehead atoms. The molecule has 3 nitrogen and oxygen atoms in total. The average molecular weight is 227 g/mol. The molecule has 1 saturated heterocycles. The largest absolute Gasteiger partial charge is 0.316 e. The molecule has 0 aliphatic carbocycles. The van der Waals surface area contributed by atoms with Crippen LogP contribution in [0.1, 0.15) is 32.6 Å². The van der Waals surface area contributed by atoms with E-state index in [0.29, 0.717) is 6.04 Å². The number of rotatable bonds is 6. The summed E-state index contributed by atoms with van der Waals surface area (Å²) in [7, 11) is 6.49. The lowest BCUT2D eigenvalue weighted by Gasteiger charge is -2.36. The summed E-state index contributed by atoms with van der Waals surface area (Å²) in [6.45, 7) is 6.03. The lowest BCUT2D eigenvalue weighted by molar-refractivity contribution is 0.135. The molecule has 0 aromatic carbocycles. The van der Waals surface area contributed by atoms with Crippen LogP contribution in [0.15, 0.2) is 0 Å². The van der Waals surface area contributed by atoms with E-state index < -0.39 is 0 Å². The van der Waals surface area contributed by atoms with Gasteiger partial charge in [-0.2, -0.15) is 0 Å². The van der Waals surface area contributed by atoms with Crippen molar-refractivity contribution in [1.82, 2.24) is 15.1 Å². The number of hydrogen-bond donors (Lipinski definition) is 1. The van der Waals surface area contributed by atoms with E-state index in [0.717, 1.165) is 6.04 Å². The maximum atomic E-state index is 3.43. The maximum absolute atomic E-state index is 3.43. The van der Waals surface area contributed by atoms with Crippen molar-refractivity contribution in [3.05, 3.63) is 0 Å². The molecule has 0 aromatic rings. The van der Waals surface area contributed by atoms with Crippen LogP contribution in [-0.4, -0.2) is 62.7 Å². The molecule has 1 N–H and O–H groups in total. The van der Waals surface area contributed by atoms with E-state index in [1.165, 1.54) is 45.3 Å². The van der Waals surface area contributed by atoms with Gasteiger partial charge in [0.1, 0.15) is 0 Å². The second-order valence-corrected chi connectivity index (χ2v) is 5.27. The molecule has 1 unspecified atom stereocenters. The standard InChI is InChI=1S/C13H29N3/c1-5-6-12(14-2)11-16-9-7-13(8-10-16)15(3)4/h12-14H,5-11H2,1-4H3. The zero-order valence-electron chi connectivity index (χ0n) is 11.5. The Morgan fingerprint density at radius 1 is 1.31 bits per heavy atom. The van der Waals surface area contributed by atoms with Crippen molar-refractivity contribution in [1.29, 1.82) is 0 Å². The molecule has 96 valence electrons. The first-order valence-corrected chi connectivity index (χ1v) is 6.73. The molecule has 0 saturated carbocycles. The van der Waals surface area contributed by atoms with Crippen molar-refractivity contribution >= 4 is 0 Å². The number of piperidine rings is 1. The summed E-state index contributed by atoms with van der Waals surface area (Å²) in [5.41, 5.74) is 0. The summed E-state index contributed by atoms with van der Waals surface area (Å²) in [6.07, 6.45) is 5.23. The third kappa shape index (κ3) is 4.40. The molecule has 0 amide bonds. The molecule has 3 heteroatoms. The SMILES string of the molecule is CCCC(CN1CCC(N(C)C)CC1)NC. The molecule has 1 fully saturated rings. The van der Waals surface area contributed by atoms with Crippen LogP contribution in [0, 0.1) is 0 Å². The van der Waals surface area contributed by atoms with Crippen LogP contribution in [0.3, 0.4) is 0 Å². The zero-order valence-corrected chi connectivity index (χ0v) is 11.5. The summed E-state index contributed by atoms with van der Waals surface area (Å²) < 4.78 is 0. The highest BCUT2D eigenvalue weighted by Gasteiger charge is 2.21. The second kappa shape index (κ2) is 7.25. The minimum atomic E-state index is 0.681. The van der Waals surface area contributed by atoms with Gasteiger partial charge in [0.25, 0.3) is 0 Å². The van der Waals surface area contributed by atoms with Crippen molar-refractivity contribution in [3.8, 4) is 0 Å². The first-order chi connectivity index (χ1) is 7.67. The van der Waals surface area contributed by atoms with E-state index in [-0.39, 0.29) is 0 Å². The predicted molar refractivity (Wildman–Crippen MR) is 70.9 cm³/mol. The van der Waals surface area contributed by atoms with Crippen molar-refractivity contribution < 1.29 is 0 Å². The Labute approximate surface area is 101 Å².